The van der Waals surface area contributed by atoms with Crippen molar-refractivity contribution >= 4 is 22.6 Å². The molecule has 0 aromatic carbocycles. The molecule has 6 heteroatoms. The zero-order valence-corrected chi connectivity index (χ0v) is 8.56. The maximum absolute atomic E-state index is 12.4. The van der Waals surface area contributed by atoms with E-state index in [9.17, 15) is 13.2 Å². The summed E-state index contributed by atoms with van der Waals surface area (Å²) >= 11 is 1.60. The van der Waals surface area contributed by atoms with Crippen molar-refractivity contribution in [3.8, 4) is 0 Å². The molecule has 0 aliphatic heterocycles. The molecule has 1 rings (SSSR count). The first kappa shape index (κ1) is 10.7. The highest BCUT2D eigenvalue weighted by atomic mass is 127. The lowest BCUT2D eigenvalue weighted by Gasteiger charge is -2.12. The van der Waals surface area contributed by atoms with E-state index in [2.05, 4.69) is 4.98 Å². The van der Waals surface area contributed by atoms with Crippen LogP contribution in [0.3, 0.4) is 0 Å². The summed E-state index contributed by atoms with van der Waals surface area (Å²) in [5.74, 6) is 0. The van der Waals surface area contributed by atoms with Crippen LogP contribution in [0.25, 0.3) is 0 Å². The predicted molar refractivity (Wildman–Crippen MR) is 49.8 cm³/mol. The first-order valence-corrected chi connectivity index (χ1v) is 4.44. The van der Waals surface area contributed by atoms with Crippen molar-refractivity contribution in [1.29, 1.82) is 0 Å². The zero-order chi connectivity index (χ0) is 10.1. The van der Waals surface area contributed by atoms with Gasteiger partial charge < -0.3 is 5.73 Å². The summed E-state index contributed by atoms with van der Waals surface area (Å²) in [4.78, 5) is 3.64. The van der Waals surface area contributed by atoms with E-state index in [0.29, 0.717) is 0 Å². The van der Waals surface area contributed by atoms with Crippen LogP contribution in [0.2, 0.25) is 0 Å². The summed E-state index contributed by atoms with van der Waals surface area (Å²) in [6, 6.07) is 0. The lowest BCUT2D eigenvalue weighted by atomic mass is 10.1. The molecule has 0 fully saturated rings. The van der Waals surface area contributed by atoms with Gasteiger partial charge in [-0.15, -0.1) is 0 Å². The van der Waals surface area contributed by atoms with Crippen molar-refractivity contribution in [2.45, 2.75) is 12.7 Å². The summed E-state index contributed by atoms with van der Waals surface area (Å²) in [7, 11) is 0. The Hall–Kier alpha value is -0.370. The van der Waals surface area contributed by atoms with Crippen LogP contribution in [0.1, 0.15) is 11.1 Å². The van der Waals surface area contributed by atoms with E-state index in [1.165, 1.54) is 6.20 Å². The second-order valence-electron chi connectivity index (χ2n) is 2.36. The van der Waals surface area contributed by atoms with Crippen LogP contribution in [0, 0.1) is 3.57 Å². The summed E-state index contributed by atoms with van der Waals surface area (Å²) in [5.41, 5.74) is 4.52. The third kappa shape index (κ3) is 2.31. The number of rotatable bonds is 1. The van der Waals surface area contributed by atoms with Gasteiger partial charge in [-0.1, -0.05) is 0 Å². The van der Waals surface area contributed by atoms with Gasteiger partial charge in [-0.05, 0) is 28.2 Å². The molecule has 0 bridgehead atoms. The fourth-order valence-corrected chi connectivity index (χ4v) is 1.76. The van der Waals surface area contributed by atoms with Crippen molar-refractivity contribution in [3.05, 3.63) is 27.1 Å². The predicted octanol–water partition coefficient (Wildman–Crippen LogP) is 2.16. The average molecular weight is 302 g/mol. The molecule has 0 saturated carbocycles. The monoisotopic (exact) mass is 302 g/mol. The van der Waals surface area contributed by atoms with Gasteiger partial charge in [0.15, 0.2) is 0 Å². The highest BCUT2D eigenvalue weighted by molar-refractivity contribution is 14.1. The van der Waals surface area contributed by atoms with E-state index in [0.717, 1.165) is 6.20 Å². The quantitative estimate of drug-likeness (QED) is 0.808. The van der Waals surface area contributed by atoms with Gasteiger partial charge in [0.05, 0.1) is 5.56 Å². The van der Waals surface area contributed by atoms with E-state index in [4.69, 9.17) is 5.73 Å². The Labute approximate surface area is 86.5 Å². The maximum atomic E-state index is 12.4. The molecule has 0 aliphatic rings. The van der Waals surface area contributed by atoms with Gasteiger partial charge >= 0.3 is 6.18 Å². The fourth-order valence-electron chi connectivity index (χ4n) is 0.947. The van der Waals surface area contributed by atoms with Crippen molar-refractivity contribution in [3.63, 3.8) is 0 Å². The summed E-state index contributed by atoms with van der Waals surface area (Å²) in [6.07, 6.45) is -2.04. The maximum Gasteiger partial charge on any atom is 0.417 e. The molecule has 2 N–H and O–H groups in total. The molecule has 0 unspecified atom stereocenters. The minimum absolute atomic E-state index is 0.0272. The first-order valence-electron chi connectivity index (χ1n) is 3.36. The Kier molecular flexibility index (Phi) is 3.12. The largest absolute Gasteiger partial charge is 0.417 e. The van der Waals surface area contributed by atoms with Crippen molar-refractivity contribution in [1.82, 2.24) is 4.98 Å². The molecule has 0 radical (unpaired) electrons. The second kappa shape index (κ2) is 3.79. The van der Waals surface area contributed by atoms with Crippen LogP contribution in [0.4, 0.5) is 13.2 Å². The fraction of sp³-hybridized carbons (Fsp3) is 0.286. The first-order chi connectivity index (χ1) is 5.96. The molecule has 1 heterocycles. The van der Waals surface area contributed by atoms with Gasteiger partial charge in [0.25, 0.3) is 0 Å². The minimum Gasteiger partial charge on any atom is -0.326 e. The molecule has 1 aromatic rings. The van der Waals surface area contributed by atoms with Crippen molar-refractivity contribution < 1.29 is 13.2 Å². The number of aromatic nitrogens is 1. The average Bonchev–Trinajstić information content (AvgIpc) is 2.01. The molecule has 0 saturated heterocycles. The van der Waals surface area contributed by atoms with Crippen LogP contribution < -0.4 is 5.73 Å². The molecule has 1 aromatic heterocycles. The standard InChI is InChI=1S/C7H6F3IN2/c8-7(9,10)6-4(1-12)2-13-3-5(6)11/h2-3H,1,12H2. The van der Waals surface area contributed by atoms with Crippen molar-refractivity contribution in [2.24, 2.45) is 5.73 Å². The van der Waals surface area contributed by atoms with E-state index in [1.54, 1.807) is 22.6 Å². The summed E-state index contributed by atoms with van der Waals surface area (Å²) < 4.78 is 37.3. The number of nitrogens with zero attached hydrogens (tertiary/aromatic N) is 1. The Balaban J connectivity index is 3.32. The third-order valence-electron chi connectivity index (χ3n) is 1.48. The van der Waals surface area contributed by atoms with E-state index >= 15 is 0 Å². The molecular weight excluding hydrogens is 296 g/mol. The van der Waals surface area contributed by atoms with Crippen LogP contribution in [0.15, 0.2) is 12.4 Å². The number of alkyl halides is 3. The van der Waals surface area contributed by atoms with E-state index in [-0.39, 0.29) is 15.7 Å². The van der Waals surface area contributed by atoms with Gasteiger partial charge in [0.2, 0.25) is 0 Å². The van der Waals surface area contributed by atoms with E-state index < -0.39 is 11.7 Å². The Morgan fingerprint density at radius 1 is 1.38 bits per heavy atom. The molecular formula is C7H6F3IN2. The smallest absolute Gasteiger partial charge is 0.326 e. The number of nitrogens with two attached hydrogens (primary N) is 1. The molecule has 72 valence electrons. The summed E-state index contributed by atoms with van der Waals surface area (Å²) in [5, 5.41) is 0. The second-order valence-corrected chi connectivity index (χ2v) is 3.52. The minimum atomic E-state index is -4.35. The topological polar surface area (TPSA) is 38.9 Å². The lowest BCUT2D eigenvalue weighted by molar-refractivity contribution is -0.139. The zero-order valence-electron chi connectivity index (χ0n) is 6.40. The molecule has 2 nitrogen and oxygen atoms in total. The van der Waals surface area contributed by atoms with Crippen molar-refractivity contribution in [2.75, 3.05) is 0 Å². The van der Waals surface area contributed by atoms with Gasteiger partial charge in [-0.2, -0.15) is 13.2 Å². The van der Waals surface area contributed by atoms with Crippen LogP contribution >= 0.6 is 22.6 Å². The third-order valence-corrected chi connectivity index (χ3v) is 2.30. The van der Waals surface area contributed by atoms with Crippen LogP contribution in [-0.4, -0.2) is 4.98 Å². The van der Waals surface area contributed by atoms with Gasteiger partial charge in [0.1, 0.15) is 0 Å². The van der Waals surface area contributed by atoms with Gasteiger partial charge in [0, 0.05) is 22.5 Å². The molecule has 0 atom stereocenters. The van der Waals surface area contributed by atoms with Crippen LogP contribution in [0.5, 0.6) is 0 Å². The van der Waals surface area contributed by atoms with E-state index in [1.807, 2.05) is 0 Å². The molecule has 0 aliphatic carbocycles. The SMILES string of the molecule is NCc1cncc(I)c1C(F)(F)F. The Morgan fingerprint density at radius 2 is 2.00 bits per heavy atom. The molecule has 13 heavy (non-hydrogen) atoms. The molecule has 0 amide bonds. The molecule has 0 spiro atoms. The van der Waals surface area contributed by atoms with Gasteiger partial charge in [-0.3, -0.25) is 4.98 Å². The Bertz CT molecular complexity index is 311. The highest BCUT2D eigenvalue weighted by Crippen LogP contribution is 2.34. The number of halogens is 4. The number of hydrogen-bond donors (Lipinski definition) is 1. The lowest BCUT2D eigenvalue weighted by Crippen LogP contribution is -2.14. The Morgan fingerprint density at radius 3 is 2.38 bits per heavy atom. The summed E-state index contributed by atoms with van der Waals surface area (Å²) in [6.45, 7) is -0.154. The number of hydrogen-bond acceptors (Lipinski definition) is 2. The highest BCUT2D eigenvalue weighted by Gasteiger charge is 2.35. The van der Waals surface area contributed by atoms with Crippen LogP contribution in [-0.2, 0) is 12.7 Å². The number of pyridine rings is 1. The normalized spacial score (nSPS) is 11.8. The van der Waals surface area contributed by atoms with Gasteiger partial charge in [-0.25, -0.2) is 0 Å².